The standard InChI is InChI=1S/C13H11BrFNOS/c1-8(17)11-6-10(15)3-4-12(11)18-13-5-2-9(14)7-16-13/h2-8,17H,1H3/t8-/m1/s1. The van der Waals surface area contributed by atoms with E-state index in [0.717, 1.165) is 14.4 Å². The topological polar surface area (TPSA) is 33.1 Å². The maximum absolute atomic E-state index is 13.2. The minimum absolute atomic E-state index is 0.348. The molecule has 1 aromatic carbocycles. The van der Waals surface area contributed by atoms with E-state index >= 15 is 0 Å². The molecule has 2 rings (SSSR count). The van der Waals surface area contributed by atoms with Gasteiger partial charge >= 0.3 is 0 Å². The largest absolute Gasteiger partial charge is 0.389 e. The summed E-state index contributed by atoms with van der Waals surface area (Å²) >= 11 is 4.72. The first-order valence-corrected chi connectivity index (χ1v) is 6.94. The van der Waals surface area contributed by atoms with Crippen LogP contribution >= 0.6 is 27.7 Å². The average molecular weight is 328 g/mol. The molecule has 1 N–H and O–H groups in total. The minimum atomic E-state index is -0.710. The van der Waals surface area contributed by atoms with Gasteiger partial charge in [-0.05, 0) is 58.7 Å². The van der Waals surface area contributed by atoms with Gasteiger partial charge in [-0.1, -0.05) is 11.8 Å². The Kier molecular flexibility index (Phi) is 4.37. The highest BCUT2D eigenvalue weighted by atomic mass is 79.9. The van der Waals surface area contributed by atoms with Crippen LogP contribution in [0.5, 0.6) is 0 Å². The normalized spacial score (nSPS) is 12.4. The van der Waals surface area contributed by atoms with E-state index < -0.39 is 6.10 Å². The predicted molar refractivity (Wildman–Crippen MR) is 73.1 cm³/mol. The molecule has 0 spiro atoms. The fourth-order valence-electron chi connectivity index (χ4n) is 1.47. The smallest absolute Gasteiger partial charge is 0.123 e. The van der Waals surface area contributed by atoms with Crippen molar-refractivity contribution in [1.82, 2.24) is 4.98 Å². The highest BCUT2D eigenvalue weighted by Crippen LogP contribution is 2.33. The number of halogens is 2. The number of hydrogen-bond donors (Lipinski definition) is 1. The molecule has 0 amide bonds. The maximum Gasteiger partial charge on any atom is 0.123 e. The molecule has 0 aliphatic heterocycles. The molecule has 0 saturated heterocycles. The van der Waals surface area contributed by atoms with E-state index in [0.29, 0.717) is 5.56 Å². The number of pyridine rings is 1. The molecule has 94 valence electrons. The van der Waals surface area contributed by atoms with Crippen molar-refractivity contribution in [3.05, 3.63) is 52.4 Å². The number of benzene rings is 1. The highest BCUT2D eigenvalue weighted by molar-refractivity contribution is 9.10. The summed E-state index contributed by atoms with van der Waals surface area (Å²) in [6.07, 6.45) is 0.993. The van der Waals surface area contributed by atoms with Gasteiger partial charge in [0.1, 0.15) is 10.8 Å². The Morgan fingerprint density at radius 2 is 2.11 bits per heavy atom. The van der Waals surface area contributed by atoms with Crippen molar-refractivity contribution in [2.24, 2.45) is 0 Å². The lowest BCUT2D eigenvalue weighted by Gasteiger charge is -2.11. The Bertz CT molecular complexity index is 545. The Balaban J connectivity index is 2.31. The quantitative estimate of drug-likeness (QED) is 0.917. The Hall–Kier alpha value is -0.910. The van der Waals surface area contributed by atoms with Crippen molar-refractivity contribution in [2.45, 2.75) is 22.9 Å². The molecule has 1 aromatic heterocycles. The Labute approximate surface area is 117 Å². The van der Waals surface area contributed by atoms with Crippen molar-refractivity contribution in [1.29, 1.82) is 0 Å². The maximum atomic E-state index is 13.2. The van der Waals surface area contributed by atoms with E-state index in [-0.39, 0.29) is 5.82 Å². The van der Waals surface area contributed by atoms with Crippen LogP contribution in [0.4, 0.5) is 4.39 Å². The van der Waals surface area contributed by atoms with Crippen molar-refractivity contribution in [3.8, 4) is 0 Å². The lowest BCUT2D eigenvalue weighted by Crippen LogP contribution is -1.95. The summed E-state index contributed by atoms with van der Waals surface area (Å²) in [5.74, 6) is -0.348. The third-order valence-corrected chi connectivity index (χ3v) is 3.85. The molecule has 0 radical (unpaired) electrons. The van der Waals surface area contributed by atoms with E-state index in [1.54, 1.807) is 19.2 Å². The van der Waals surface area contributed by atoms with Gasteiger partial charge in [-0.25, -0.2) is 9.37 Å². The van der Waals surface area contributed by atoms with Gasteiger partial charge in [0.2, 0.25) is 0 Å². The summed E-state index contributed by atoms with van der Waals surface area (Å²) in [5.41, 5.74) is 0.574. The van der Waals surface area contributed by atoms with Gasteiger partial charge in [0.25, 0.3) is 0 Å². The lowest BCUT2D eigenvalue weighted by molar-refractivity contribution is 0.196. The first-order valence-electron chi connectivity index (χ1n) is 5.33. The fourth-order valence-corrected chi connectivity index (χ4v) is 2.66. The number of nitrogens with zero attached hydrogens (tertiary/aromatic N) is 1. The number of aromatic nitrogens is 1. The van der Waals surface area contributed by atoms with E-state index in [9.17, 15) is 9.50 Å². The molecule has 1 atom stereocenters. The molecular weight excluding hydrogens is 317 g/mol. The number of aliphatic hydroxyl groups is 1. The van der Waals surface area contributed by atoms with Crippen LogP contribution < -0.4 is 0 Å². The summed E-state index contributed by atoms with van der Waals surface area (Å²) in [5, 5.41) is 10.4. The molecule has 0 fully saturated rings. The van der Waals surface area contributed by atoms with Crippen LogP contribution in [-0.2, 0) is 0 Å². The van der Waals surface area contributed by atoms with Gasteiger partial charge in [0.15, 0.2) is 0 Å². The van der Waals surface area contributed by atoms with Crippen LogP contribution in [0.3, 0.4) is 0 Å². The zero-order chi connectivity index (χ0) is 13.1. The van der Waals surface area contributed by atoms with Gasteiger partial charge in [-0.2, -0.15) is 0 Å². The van der Waals surface area contributed by atoms with Crippen LogP contribution in [0.2, 0.25) is 0 Å². The van der Waals surface area contributed by atoms with Crippen LogP contribution in [-0.4, -0.2) is 10.1 Å². The summed E-state index contributed by atoms with van der Waals surface area (Å²) in [6, 6.07) is 8.15. The van der Waals surface area contributed by atoms with Gasteiger partial charge in [-0.3, -0.25) is 0 Å². The molecule has 0 aliphatic rings. The number of rotatable bonds is 3. The fraction of sp³-hybridized carbons (Fsp3) is 0.154. The second-order valence-electron chi connectivity index (χ2n) is 3.77. The minimum Gasteiger partial charge on any atom is -0.389 e. The lowest BCUT2D eigenvalue weighted by atomic mass is 10.1. The number of aliphatic hydroxyl groups excluding tert-OH is 1. The zero-order valence-corrected chi connectivity index (χ0v) is 12.0. The van der Waals surface area contributed by atoms with Crippen molar-refractivity contribution >= 4 is 27.7 Å². The van der Waals surface area contributed by atoms with Gasteiger partial charge in [-0.15, -0.1) is 0 Å². The third-order valence-electron chi connectivity index (χ3n) is 2.34. The van der Waals surface area contributed by atoms with Crippen molar-refractivity contribution < 1.29 is 9.50 Å². The molecule has 2 aromatic rings. The SMILES string of the molecule is C[C@@H](O)c1cc(F)ccc1Sc1ccc(Br)cn1. The van der Waals surface area contributed by atoms with E-state index in [1.807, 2.05) is 12.1 Å². The Morgan fingerprint density at radius 3 is 2.72 bits per heavy atom. The molecular formula is C13H11BrFNOS. The first-order chi connectivity index (χ1) is 8.56. The second kappa shape index (κ2) is 5.82. The molecule has 0 bridgehead atoms. The summed E-state index contributed by atoms with van der Waals surface area (Å²) < 4.78 is 14.1. The van der Waals surface area contributed by atoms with Crippen LogP contribution in [0, 0.1) is 5.82 Å². The van der Waals surface area contributed by atoms with Gasteiger partial charge < -0.3 is 5.11 Å². The number of hydrogen-bond acceptors (Lipinski definition) is 3. The second-order valence-corrected chi connectivity index (χ2v) is 5.75. The summed E-state index contributed by atoms with van der Waals surface area (Å²) in [7, 11) is 0. The van der Waals surface area contributed by atoms with E-state index in [2.05, 4.69) is 20.9 Å². The molecule has 0 unspecified atom stereocenters. The van der Waals surface area contributed by atoms with E-state index in [1.165, 1.54) is 23.9 Å². The Morgan fingerprint density at radius 1 is 1.33 bits per heavy atom. The van der Waals surface area contributed by atoms with E-state index in [4.69, 9.17) is 0 Å². The highest BCUT2D eigenvalue weighted by Gasteiger charge is 2.11. The average Bonchev–Trinajstić information content (AvgIpc) is 2.34. The molecule has 0 saturated carbocycles. The molecule has 18 heavy (non-hydrogen) atoms. The van der Waals surface area contributed by atoms with Crippen molar-refractivity contribution in [2.75, 3.05) is 0 Å². The van der Waals surface area contributed by atoms with Crippen LogP contribution in [0.1, 0.15) is 18.6 Å². The van der Waals surface area contributed by atoms with Gasteiger partial charge in [0.05, 0.1) is 6.10 Å². The van der Waals surface area contributed by atoms with Crippen LogP contribution in [0.15, 0.2) is 50.9 Å². The summed E-state index contributed by atoms with van der Waals surface area (Å²) in [4.78, 5) is 5.04. The third kappa shape index (κ3) is 3.31. The molecule has 1 heterocycles. The van der Waals surface area contributed by atoms with Crippen molar-refractivity contribution in [3.63, 3.8) is 0 Å². The monoisotopic (exact) mass is 327 g/mol. The zero-order valence-electron chi connectivity index (χ0n) is 9.60. The molecule has 5 heteroatoms. The predicted octanol–water partition coefficient (Wildman–Crippen LogP) is 4.19. The van der Waals surface area contributed by atoms with Gasteiger partial charge in [0, 0.05) is 15.6 Å². The first kappa shape index (κ1) is 13.5. The van der Waals surface area contributed by atoms with Crippen LogP contribution in [0.25, 0.3) is 0 Å². The molecule has 2 nitrogen and oxygen atoms in total. The summed E-state index contributed by atoms with van der Waals surface area (Å²) in [6.45, 7) is 1.62. The molecule has 0 aliphatic carbocycles.